The van der Waals surface area contributed by atoms with Gasteiger partial charge in [-0.3, -0.25) is 9.36 Å². The minimum absolute atomic E-state index is 0.215. The number of carbonyl (C=O) groups is 1. The molecule has 9 heteroatoms. The van der Waals surface area contributed by atoms with E-state index in [0.717, 1.165) is 11.1 Å². The van der Waals surface area contributed by atoms with Crippen LogP contribution < -0.4 is 24.4 Å². The Morgan fingerprint density at radius 3 is 2.50 bits per heavy atom. The Bertz CT molecular complexity index is 1450. The van der Waals surface area contributed by atoms with Gasteiger partial charge in [-0.05, 0) is 55.3 Å². The minimum Gasteiger partial charge on any atom is -0.493 e. The van der Waals surface area contributed by atoms with Crippen molar-refractivity contribution < 1.29 is 19.0 Å². The van der Waals surface area contributed by atoms with E-state index in [0.29, 0.717) is 37.1 Å². The Morgan fingerprint density at radius 1 is 1.15 bits per heavy atom. The van der Waals surface area contributed by atoms with Crippen LogP contribution in [0.3, 0.4) is 0 Å². The van der Waals surface area contributed by atoms with Crippen LogP contribution in [0.5, 0.6) is 11.5 Å². The fraction of sp³-hybridized carbons (Fsp3) is 0.240. The van der Waals surface area contributed by atoms with E-state index in [1.807, 2.05) is 6.07 Å². The highest BCUT2D eigenvalue weighted by Gasteiger charge is 2.33. The molecule has 0 saturated carbocycles. The van der Waals surface area contributed by atoms with E-state index < -0.39 is 12.0 Å². The van der Waals surface area contributed by atoms with E-state index in [9.17, 15) is 9.59 Å². The summed E-state index contributed by atoms with van der Waals surface area (Å²) in [5.41, 5.74) is 2.09. The number of allylic oxidation sites excluding steroid dienone is 1. The number of hydrogen-bond acceptors (Lipinski definition) is 7. The molecular formula is C25H23ClN2O5S. The van der Waals surface area contributed by atoms with Gasteiger partial charge >= 0.3 is 5.97 Å². The van der Waals surface area contributed by atoms with Gasteiger partial charge in [0.2, 0.25) is 0 Å². The van der Waals surface area contributed by atoms with Gasteiger partial charge < -0.3 is 14.2 Å². The van der Waals surface area contributed by atoms with Gasteiger partial charge in [-0.2, -0.15) is 0 Å². The molecule has 2 heterocycles. The summed E-state index contributed by atoms with van der Waals surface area (Å²) in [4.78, 5) is 31.6. The molecule has 0 bridgehead atoms. The van der Waals surface area contributed by atoms with Crippen molar-refractivity contribution in [2.45, 2.75) is 19.9 Å². The molecule has 7 nitrogen and oxygen atoms in total. The summed E-state index contributed by atoms with van der Waals surface area (Å²) in [7, 11) is 3.12. The normalized spacial score (nSPS) is 15.6. The van der Waals surface area contributed by atoms with Gasteiger partial charge in [-0.25, -0.2) is 9.79 Å². The van der Waals surface area contributed by atoms with Crippen molar-refractivity contribution >= 4 is 35.0 Å². The topological polar surface area (TPSA) is 79.1 Å². The molecular weight excluding hydrogens is 476 g/mol. The Kier molecular flexibility index (Phi) is 6.90. The third-order valence-electron chi connectivity index (χ3n) is 5.41. The zero-order valence-corrected chi connectivity index (χ0v) is 20.7. The quantitative estimate of drug-likeness (QED) is 0.486. The van der Waals surface area contributed by atoms with Crippen LogP contribution in [0.15, 0.2) is 63.5 Å². The van der Waals surface area contributed by atoms with Crippen molar-refractivity contribution in [3.63, 3.8) is 0 Å². The van der Waals surface area contributed by atoms with Crippen molar-refractivity contribution in [1.82, 2.24) is 4.57 Å². The zero-order chi connectivity index (χ0) is 24.4. The molecule has 0 aliphatic carbocycles. The van der Waals surface area contributed by atoms with Gasteiger partial charge in [0.1, 0.15) is 0 Å². The number of rotatable bonds is 6. The molecule has 1 unspecified atom stereocenters. The predicted octanol–water partition coefficient (Wildman–Crippen LogP) is 3.47. The summed E-state index contributed by atoms with van der Waals surface area (Å²) in [5, 5.41) is 0.558. The second kappa shape index (κ2) is 9.87. The number of carbonyl (C=O) groups excluding carboxylic acids is 1. The molecule has 1 aliphatic heterocycles. The molecule has 2 aromatic carbocycles. The second-order valence-corrected chi connectivity index (χ2v) is 8.91. The maximum atomic E-state index is 13.6. The lowest BCUT2D eigenvalue weighted by Gasteiger charge is -2.24. The number of hydrogen-bond donors (Lipinski definition) is 0. The molecule has 0 radical (unpaired) electrons. The molecule has 34 heavy (non-hydrogen) atoms. The summed E-state index contributed by atoms with van der Waals surface area (Å²) in [6, 6.07) is 11.8. The number of benzene rings is 2. The van der Waals surface area contributed by atoms with E-state index in [1.54, 1.807) is 75.1 Å². The van der Waals surface area contributed by atoms with Crippen molar-refractivity contribution in [3.05, 3.63) is 89.6 Å². The Hall–Kier alpha value is -3.36. The standard InChI is InChI=1S/C25H23ClN2O5S/c1-5-33-24(30)21-14(2)27-25-28(22(21)16-7-9-17(26)10-8-16)23(29)20(34-25)13-15-6-11-18(31-3)19(12-15)32-4/h6-13,22H,5H2,1-4H3/b20-13-. The van der Waals surface area contributed by atoms with Crippen LogP contribution in [-0.2, 0) is 9.53 Å². The van der Waals surface area contributed by atoms with Gasteiger partial charge in [0.05, 0.1) is 42.7 Å². The van der Waals surface area contributed by atoms with E-state index in [4.69, 9.17) is 25.8 Å². The summed E-state index contributed by atoms with van der Waals surface area (Å²) >= 11 is 7.34. The third-order valence-corrected chi connectivity index (χ3v) is 6.64. The monoisotopic (exact) mass is 498 g/mol. The number of halogens is 1. The number of fused-ring (bicyclic) bond motifs is 1. The van der Waals surface area contributed by atoms with Crippen molar-refractivity contribution in [2.75, 3.05) is 20.8 Å². The fourth-order valence-electron chi connectivity index (χ4n) is 3.85. The molecule has 0 spiro atoms. The van der Waals surface area contributed by atoms with Crippen LogP contribution in [0.1, 0.15) is 31.0 Å². The first-order valence-corrected chi connectivity index (χ1v) is 11.7. The van der Waals surface area contributed by atoms with E-state index in [-0.39, 0.29) is 12.2 Å². The van der Waals surface area contributed by atoms with Gasteiger partial charge in [0, 0.05) is 5.02 Å². The summed E-state index contributed by atoms with van der Waals surface area (Å²) in [6.07, 6.45) is 1.77. The lowest BCUT2D eigenvalue weighted by atomic mass is 9.96. The molecule has 0 amide bonds. The molecule has 4 rings (SSSR count). The van der Waals surface area contributed by atoms with Crippen molar-refractivity contribution in [2.24, 2.45) is 4.99 Å². The van der Waals surface area contributed by atoms with Crippen LogP contribution >= 0.6 is 22.9 Å². The molecule has 0 N–H and O–H groups in total. The highest BCUT2D eigenvalue weighted by Crippen LogP contribution is 2.31. The minimum atomic E-state index is -0.680. The summed E-state index contributed by atoms with van der Waals surface area (Å²) < 4.78 is 18.0. The molecule has 176 valence electrons. The highest BCUT2D eigenvalue weighted by atomic mass is 35.5. The second-order valence-electron chi connectivity index (χ2n) is 7.47. The molecule has 1 aliphatic rings. The Morgan fingerprint density at radius 2 is 1.85 bits per heavy atom. The van der Waals surface area contributed by atoms with Crippen LogP contribution in [0.4, 0.5) is 0 Å². The number of esters is 1. The summed E-state index contributed by atoms with van der Waals surface area (Å²) in [6.45, 7) is 3.71. The molecule has 3 aromatic rings. The first-order valence-electron chi connectivity index (χ1n) is 10.5. The third kappa shape index (κ3) is 4.38. The van der Waals surface area contributed by atoms with E-state index >= 15 is 0 Å². The van der Waals surface area contributed by atoms with Gasteiger partial charge in [0.15, 0.2) is 16.3 Å². The number of thiazole rings is 1. The molecule has 0 fully saturated rings. The number of methoxy groups -OCH3 is 2. The zero-order valence-electron chi connectivity index (χ0n) is 19.1. The van der Waals surface area contributed by atoms with Crippen LogP contribution in [-0.4, -0.2) is 31.4 Å². The van der Waals surface area contributed by atoms with Crippen LogP contribution in [0.2, 0.25) is 5.02 Å². The Labute approximate surface area is 205 Å². The number of ether oxygens (including phenoxy) is 3. The lowest BCUT2D eigenvalue weighted by molar-refractivity contribution is -0.139. The van der Waals surface area contributed by atoms with E-state index in [1.165, 1.54) is 11.3 Å². The lowest BCUT2D eigenvalue weighted by Crippen LogP contribution is -2.39. The average Bonchev–Trinajstić information content (AvgIpc) is 3.13. The fourth-order valence-corrected chi connectivity index (χ4v) is 5.02. The molecule has 0 saturated heterocycles. The maximum Gasteiger partial charge on any atom is 0.338 e. The van der Waals surface area contributed by atoms with Gasteiger partial charge in [0.25, 0.3) is 5.56 Å². The van der Waals surface area contributed by atoms with E-state index in [2.05, 4.69) is 4.99 Å². The highest BCUT2D eigenvalue weighted by molar-refractivity contribution is 7.07. The van der Waals surface area contributed by atoms with Gasteiger partial charge in [-0.1, -0.05) is 41.1 Å². The molecule has 1 aromatic heterocycles. The predicted molar refractivity (Wildman–Crippen MR) is 131 cm³/mol. The van der Waals surface area contributed by atoms with Crippen LogP contribution in [0, 0.1) is 0 Å². The van der Waals surface area contributed by atoms with Crippen molar-refractivity contribution in [1.29, 1.82) is 0 Å². The van der Waals surface area contributed by atoms with Crippen molar-refractivity contribution in [3.8, 4) is 11.5 Å². The maximum absolute atomic E-state index is 13.6. The Balaban J connectivity index is 1.92. The smallest absolute Gasteiger partial charge is 0.338 e. The average molecular weight is 499 g/mol. The largest absolute Gasteiger partial charge is 0.493 e. The van der Waals surface area contributed by atoms with Gasteiger partial charge in [-0.15, -0.1) is 0 Å². The van der Waals surface area contributed by atoms with Crippen LogP contribution in [0.25, 0.3) is 6.08 Å². The first kappa shape index (κ1) is 23.8. The SMILES string of the molecule is CCOC(=O)C1=C(C)N=c2s/c(=C\c3ccc(OC)c(OC)c3)c(=O)n2C1c1ccc(Cl)cc1. The number of aromatic nitrogens is 1. The molecule has 1 atom stereocenters. The number of nitrogens with zero attached hydrogens (tertiary/aromatic N) is 2. The summed E-state index contributed by atoms with van der Waals surface area (Å²) in [5.74, 6) is 0.653. The first-order chi connectivity index (χ1) is 16.4.